The van der Waals surface area contributed by atoms with Gasteiger partial charge < -0.3 is 20.4 Å². The third-order valence-electron chi connectivity index (χ3n) is 6.15. The number of benzene rings is 2. The summed E-state index contributed by atoms with van der Waals surface area (Å²) in [6.07, 6.45) is 6.37. The van der Waals surface area contributed by atoms with Crippen LogP contribution in [-0.2, 0) is 11.4 Å². The monoisotopic (exact) mass is 427 g/mol. The molecule has 0 bridgehead atoms. The van der Waals surface area contributed by atoms with Gasteiger partial charge in [0.2, 0.25) is 6.41 Å². The molecule has 162 valence electrons. The summed E-state index contributed by atoms with van der Waals surface area (Å²) >= 11 is 0. The van der Waals surface area contributed by atoms with E-state index in [1.54, 1.807) is 0 Å². The Morgan fingerprint density at radius 2 is 1.84 bits per heavy atom. The first kappa shape index (κ1) is 20.1. The summed E-state index contributed by atoms with van der Waals surface area (Å²) < 4.78 is 8.41. The van der Waals surface area contributed by atoms with Crippen molar-refractivity contribution in [3.05, 3.63) is 72.7 Å². The number of nitrogens with one attached hydrogen (secondary N) is 1. The zero-order valence-electron chi connectivity index (χ0n) is 17.6. The van der Waals surface area contributed by atoms with Crippen molar-refractivity contribution in [2.75, 3.05) is 12.3 Å². The van der Waals surface area contributed by atoms with Gasteiger partial charge in [-0.1, -0.05) is 48.5 Å². The first-order valence-electron chi connectivity index (χ1n) is 10.8. The van der Waals surface area contributed by atoms with Gasteiger partial charge >= 0.3 is 0 Å². The Bertz CT molecular complexity index is 1230. The molecule has 0 aliphatic heterocycles. The SMILES string of the molecule is Nc1ncnc2c1c(-c1ccccc1OCc1ccccc1)cn2C1CC(CNC=O)C1. The molecule has 3 N–H and O–H groups in total. The number of anilines is 1. The van der Waals surface area contributed by atoms with Crippen molar-refractivity contribution in [3.63, 3.8) is 0 Å². The van der Waals surface area contributed by atoms with Crippen LogP contribution in [0.3, 0.4) is 0 Å². The van der Waals surface area contributed by atoms with E-state index in [1.807, 2.05) is 54.6 Å². The van der Waals surface area contributed by atoms with E-state index in [9.17, 15) is 4.79 Å². The van der Waals surface area contributed by atoms with E-state index in [2.05, 4.69) is 26.0 Å². The summed E-state index contributed by atoms with van der Waals surface area (Å²) in [5, 5.41) is 3.63. The molecule has 7 nitrogen and oxygen atoms in total. The number of ether oxygens (including phenoxy) is 1. The number of nitrogen functional groups attached to an aromatic ring is 1. The zero-order valence-corrected chi connectivity index (χ0v) is 17.6. The van der Waals surface area contributed by atoms with E-state index in [4.69, 9.17) is 10.5 Å². The fourth-order valence-electron chi connectivity index (χ4n) is 4.45. The second-order valence-corrected chi connectivity index (χ2v) is 8.20. The highest BCUT2D eigenvalue weighted by Crippen LogP contribution is 2.44. The molecule has 1 aliphatic rings. The number of fused-ring (bicyclic) bond motifs is 1. The van der Waals surface area contributed by atoms with E-state index in [1.165, 1.54) is 6.33 Å². The third-order valence-corrected chi connectivity index (χ3v) is 6.15. The van der Waals surface area contributed by atoms with E-state index in [0.29, 0.717) is 30.9 Å². The van der Waals surface area contributed by atoms with E-state index in [-0.39, 0.29) is 0 Å². The lowest BCUT2D eigenvalue weighted by Crippen LogP contribution is -2.33. The highest BCUT2D eigenvalue weighted by atomic mass is 16.5. The fourth-order valence-corrected chi connectivity index (χ4v) is 4.45. The first-order chi connectivity index (χ1) is 15.7. The Balaban J connectivity index is 1.49. The smallest absolute Gasteiger partial charge is 0.207 e. The number of amides is 1. The van der Waals surface area contributed by atoms with Crippen LogP contribution in [-0.4, -0.2) is 27.5 Å². The number of nitrogens with two attached hydrogens (primary N) is 1. The Hall–Kier alpha value is -3.87. The van der Waals surface area contributed by atoms with E-state index >= 15 is 0 Å². The molecule has 1 saturated carbocycles. The van der Waals surface area contributed by atoms with Crippen LogP contribution in [0, 0.1) is 5.92 Å². The molecule has 2 aromatic heterocycles. The standard InChI is InChI=1S/C25H25N5O2/c26-24-23-21(20-8-4-5-9-22(20)32-14-17-6-2-1-3-7-17)13-30(25(23)29-15-28-24)19-10-18(11-19)12-27-16-31/h1-9,13,15-16,18-19H,10-12,14H2,(H,27,31)(H2,26,28,29). The zero-order chi connectivity index (χ0) is 21.9. The lowest BCUT2D eigenvalue weighted by atomic mass is 9.80. The Morgan fingerprint density at radius 1 is 1.06 bits per heavy atom. The van der Waals surface area contributed by atoms with E-state index in [0.717, 1.165) is 52.7 Å². The van der Waals surface area contributed by atoms with Crippen LogP contribution in [0.5, 0.6) is 5.75 Å². The fraction of sp³-hybridized carbons (Fsp3) is 0.240. The first-order valence-corrected chi connectivity index (χ1v) is 10.8. The number of para-hydroxylation sites is 1. The highest BCUT2D eigenvalue weighted by molar-refractivity contribution is 6.01. The van der Waals surface area contributed by atoms with Crippen LogP contribution in [0.2, 0.25) is 0 Å². The third kappa shape index (κ3) is 3.77. The molecule has 0 atom stereocenters. The van der Waals surface area contributed by atoms with Crippen LogP contribution < -0.4 is 15.8 Å². The summed E-state index contributed by atoms with van der Waals surface area (Å²) in [6, 6.07) is 18.4. The summed E-state index contributed by atoms with van der Waals surface area (Å²) in [5.41, 5.74) is 10.2. The van der Waals surface area contributed by atoms with Gasteiger partial charge in [0.05, 0.1) is 5.39 Å². The van der Waals surface area contributed by atoms with Crippen LogP contribution in [0.25, 0.3) is 22.2 Å². The lowest BCUT2D eigenvalue weighted by Gasteiger charge is -2.36. The molecule has 0 saturated heterocycles. The van der Waals surface area contributed by atoms with Gasteiger partial charge in [-0.3, -0.25) is 4.79 Å². The van der Waals surface area contributed by atoms with Crippen LogP contribution in [0.1, 0.15) is 24.4 Å². The van der Waals surface area contributed by atoms with Gasteiger partial charge in [0.25, 0.3) is 0 Å². The van der Waals surface area contributed by atoms with Gasteiger partial charge in [0.1, 0.15) is 30.1 Å². The van der Waals surface area contributed by atoms with Gasteiger partial charge in [0, 0.05) is 29.9 Å². The average Bonchev–Trinajstić information content (AvgIpc) is 3.18. The van der Waals surface area contributed by atoms with Gasteiger partial charge in [-0.05, 0) is 30.4 Å². The number of carbonyl (C=O) groups excluding carboxylic acids is 1. The summed E-state index contributed by atoms with van der Waals surface area (Å²) in [5.74, 6) is 1.73. The summed E-state index contributed by atoms with van der Waals surface area (Å²) in [4.78, 5) is 19.4. The minimum Gasteiger partial charge on any atom is -0.488 e. The molecular formula is C25H25N5O2. The Labute approximate surface area is 186 Å². The topological polar surface area (TPSA) is 95.1 Å². The number of hydrogen-bond donors (Lipinski definition) is 2. The maximum absolute atomic E-state index is 10.6. The van der Waals surface area contributed by atoms with Crippen LogP contribution in [0.4, 0.5) is 5.82 Å². The molecule has 5 rings (SSSR count). The molecule has 4 aromatic rings. The molecule has 1 aliphatic carbocycles. The van der Waals surface area contributed by atoms with Crippen LogP contribution in [0.15, 0.2) is 67.1 Å². The van der Waals surface area contributed by atoms with Crippen molar-refractivity contribution < 1.29 is 9.53 Å². The van der Waals surface area contributed by atoms with Crippen molar-refractivity contribution >= 4 is 23.3 Å². The lowest BCUT2D eigenvalue weighted by molar-refractivity contribution is -0.109. The number of rotatable bonds is 8. The molecule has 0 spiro atoms. The molecule has 32 heavy (non-hydrogen) atoms. The molecule has 1 amide bonds. The molecule has 1 fully saturated rings. The van der Waals surface area contributed by atoms with Gasteiger partial charge in [0.15, 0.2) is 0 Å². The predicted molar refractivity (Wildman–Crippen MR) is 124 cm³/mol. The van der Waals surface area contributed by atoms with E-state index < -0.39 is 0 Å². The Morgan fingerprint density at radius 3 is 2.66 bits per heavy atom. The molecule has 0 radical (unpaired) electrons. The minimum atomic E-state index is 0.316. The van der Waals surface area contributed by atoms with Gasteiger partial charge in [-0.25, -0.2) is 9.97 Å². The normalized spacial score (nSPS) is 17.6. The van der Waals surface area contributed by atoms with Crippen LogP contribution >= 0.6 is 0 Å². The molecular weight excluding hydrogens is 402 g/mol. The van der Waals surface area contributed by atoms with Crippen molar-refractivity contribution in [2.45, 2.75) is 25.5 Å². The number of aromatic nitrogens is 3. The summed E-state index contributed by atoms with van der Waals surface area (Å²) in [6.45, 7) is 1.19. The Kier molecular flexibility index (Phi) is 5.46. The van der Waals surface area contributed by atoms with Gasteiger partial charge in [-0.15, -0.1) is 0 Å². The quantitative estimate of drug-likeness (QED) is 0.415. The number of nitrogens with zero attached hydrogens (tertiary/aromatic N) is 3. The largest absolute Gasteiger partial charge is 0.488 e. The maximum atomic E-state index is 10.6. The van der Waals surface area contributed by atoms with Crippen molar-refractivity contribution in [1.29, 1.82) is 0 Å². The maximum Gasteiger partial charge on any atom is 0.207 e. The average molecular weight is 428 g/mol. The molecule has 7 heteroatoms. The molecule has 2 aromatic carbocycles. The predicted octanol–water partition coefficient (Wildman–Crippen LogP) is 3.96. The second-order valence-electron chi connectivity index (χ2n) is 8.20. The second kappa shape index (κ2) is 8.70. The summed E-state index contributed by atoms with van der Waals surface area (Å²) in [7, 11) is 0. The molecule has 0 unspecified atom stereocenters. The van der Waals surface area contributed by atoms with Crippen molar-refractivity contribution in [3.8, 4) is 16.9 Å². The van der Waals surface area contributed by atoms with Crippen molar-refractivity contribution in [1.82, 2.24) is 19.9 Å². The van der Waals surface area contributed by atoms with Crippen molar-refractivity contribution in [2.24, 2.45) is 5.92 Å². The van der Waals surface area contributed by atoms with Gasteiger partial charge in [-0.2, -0.15) is 0 Å². The number of hydrogen-bond acceptors (Lipinski definition) is 5. The molecule has 2 heterocycles. The minimum absolute atomic E-state index is 0.316. The number of carbonyl (C=O) groups is 1. The highest BCUT2D eigenvalue weighted by Gasteiger charge is 2.32.